The van der Waals surface area contributed by atoms with E-state index in [9.17, 15) is 4.79 Å². The van der Waals surface area contributed by atoms with Gasteiger partial charge in [-0.25, -0.2) is 9.48 Å². The lowest BCUT2D eigenvalue weighted by Gasteiger charge is -1.97. The van der Waals surface area contributed by atoms with E-state index in [1.54, 1.807) is 30.6 Å². The molecular formula is C11H9ClN4O2. The third-order valence-corrected chi connectivity index (χ3v) is 2.27. The minimum atomic E-state index is -0.422. The number of halogens is 1. The Hall–Kier alpha value is -2.21. The zero-order valence-corrected chi connectivity index (χ0v) is 10.2. The number of ether oxygens (including phenoxy) is 1. The molecule has 6 nitrogen and oxygen atoms in total. The van der Waals surface area contributed by atoms with Gasteiger partial charge in [0.15, 0.2) is 11.0 Å². The molecule has 0 aliphatic carbocycles. The first-order chi connectivity index (χ1) is 8.69. The predicted octanol–water partition coefficient (Wildman–Crippen LogP) is 1.50. The van der Waals surface area contributed by atoms with E-state index in [1.807, 2.05) is 0 Å². The van der Waals surface area contributed by atoms with Gasteiger partial charge in [0.2, 0.25) is 0 Å². The molecule has 0 aliphatic heterocycles. The van der Waals surface area contributed by atoms with Crippen LogP contribution in [0.1, 0.15) is 5.56 Å². The topological polar surface area (TPSA) is 69.9 Å². The normalized spacial score (nSPS) is 10.8. The van der Waals surface area contributed by atoms with Crippen LogP contribution in [0.15, 0.2) is 30.6 Å². The molecular weight excluding hydrogens is 256 g/mol. The maximum Gasteiger partial charge on any atom is 0.330 e. The maximum atomic E-state index is 10.9. The Morgan fingerprint density at radius 2 is 2.28 bits per heavy atom. The summed E-state index contributed by atoms with van der Waals surface area (Å²) < 4.78 is 6.01. The van der Waals surface area contributed by atoms with E-state index in [1.165, 1.54) is 17.9 Å². The van der Waals surface area contributed by atoms with Crippen molar-refractivity contribution >= 4 is 23.6 Å². The van der Waals surface area contributed by atoms with Gasteiger partial charge < -0.3 is 4.74 Å². The SMILES string of the molecule is COC(=O)C=Cc1cnn(-c2ccc(Cl)nn2)c1. The Labute approximate surface area is 108 Å². The molecule has 2 heterocycles. The van der Waals surface area contributed by atoms with E-state index in [4.69, 9.17) is 11.6 Å². The maximum absolute atomic E-state index is 10.9. The molecule has 0 N–H and O–H groups in total. The first-order valence-electron chi connectivity index (χ1n) is 4.99. The second-order valence-electron chi connectivity index (χ2n) is 3.29. The summed E-state index contributed by atoms with van der Waals surface area (Å²) in [6.07, 6.45) is 6.21. The van der Waals surface area contributed by atoms with Crippen LogP contribution < -0.4 is 0 Å². The van der Waals surface area contributed by atoms with E-state index in [2.05, 4.69) is 20.0 Å². The summed E-state index contributed by atoms with van der Waals surface area (Å²) in [5.74, 6) is 0.117. The van der Waals surface area contributed by atoms with Gasteiger partial charge in [0.25, 0.3) is 0 Å². The highest BCUT2D eigenvalue weighted by molar-refractivity contribution is 6.29. The molecule has 0 unspecified atom stereocenters. The lowest BCUT2D eigenvalue weighted by atomic mass is 10.3. The monoisotopic (exact) mass is 264 g/mol. The molecule has 0 aliphatic rings. The second-order valence-corrected chi connectivity index (χ2v) is 3.68. The Morgan fingerprint density at radius 1 is 1.44 bits per heavy atom. The van der Waals surface area contributed by atoms with E-state index in [0.29, 0.717) is 11.0 Å². The summed E-state index contributed by atoms with van der Waals surface area (Å²) in [6, 6.07) is 3.31. The van der Waals surface area contributed by atoms with Crippen molar-refractivity contribution in [2.75, 3.05) is 7.11 Å². The number of methoxy groups -OCH3 is 1. The van der Waals surface area contributed by atoms with Crippen LogP contribution in [-0.4, -0.2) is 33.1 Å². The lowest BCUT2D eigenvalue weighted by molar-refractivity contribution is -0.134. The van der Waals surface area contributed by atoms with Gasteiger partial charge in [0.1, 0.15) is 0 Å². The fraction of sp³-hybridized carbons (Fsp3) is 0.0909. The number of rotatable bonds is 3. The second kappa shape index (κ2) is 5.42. The molecule has 0 radical (unpaired) electrons. The average Bonchev–Trinajstić information content (AvgIpc) is 2.85. The van der Waals surface area contributed by atoms with Crippen molar-refractivity contribution in [2.45, 2.75) is 0 Å². The molecule has 0 saturated carbocycles. The third kappa shape index (κ3) is 2.92. The number of esters is 1. The lowest BCUT2D eigenvalue weighted by Crippen LogP contribution is -1.98. The molecule has 0 fully saturated rings. The van der Waals surface area contributed by atoms with Gasteiger partial charge in [-0.05, 0) is 18.2 Å². The highest BCUT2D eigenvalue weighted by Gasteiger charge is 2.01. The molecule has 0 spiro atoms. The summed E-state index contributed by atoms with van der Waals surface area (Å²) >= 11 is 5.64. The number of hydrogen-bond donors (Lipinski definition) is 0. The van der Waals surface area contributed by atoms with Crippen LogP contribution in [0.25, 0.3) is 11.9 Å². The van der Waals surface area contributed by atoms with Gasteiger partial charge in [0, 0.05) is 17.8 Å². The summed E-state index contributed by atoms with van der Waals surface area (Å²) in [4.78, 5) is 10.9. The van der Waals surface area contributed by atoms with Crippen molar-refractivity contribution in [1.29, 1.82) is 0 Å². The minimum absolute atomic E-state index is 0.316. The molecule has 2 rings (SSSR count). The van der Waals surface area contributed by atoms with Crippen LogP contribution in [0.2, 0.25) is 5.15 Å². The summed E-state index contributed by atoms with van der Waals surface area (Å²) in [7, 11) is 1.32. The van der Waals surface area contributed by atoms with Crippen LogP contribution in [-0.2, 0) is 9.53 Å². The van der Waals surface area contributed by atoms with Gasteiger partial charge in [-0.15, -0.1) is 10.2 Å². The summed E-state index contributed by atoms with van der Waals surface area (Å²) in [5.41, 5.74) is 0.747. The highest BCUT2D eigenvalue weighted by atomic mass is 35.5. The molecule has 0 aromatic carbocycles. The molecule has 0 saturated heterocycles. The van der Waals surface area contributed by atoms with Crippen molar-refractivity contribution in [1.82, 2.24) is 20.0 Å². The first kappa shape index (κ1) is 12.3. The number of carbonyl (C=O) groups excluding carboxylic acids is 1. The predicted molar refractivity (Wildman–Crippen MR) is 65.2 cm³/mol. The molecule has 0 atom stereocenters. The van der Waals surface area contributed by atoms with Gasteiger partial charge in [-0.2, -0.15) is 5.10 Å². The van der Waals surface area contributed by atoms with Gasteiger partial charge in [-0.3, -0.25) is 0 Å². The quantitative estimate of drug-likeness (QED) is 0.621. The Kier molecular flexibility index (Phi) is 3.69. The Morgan fingerprint density at radius 3 is 2.94 bits per heavy atom. The average molecular weight is 265 g/mol. The first-order valence-corrected chi connectivity index (χ1v) is 5.37. The number of aromatic nitrogens is 4. The van der Waals surface area contributed by atoms with Gasteiger partial charge >= 0.3 is 5.97 Å². The smallest absolute Gasteiger partial charge is 0.330 e. The van der Waals surface area contributed by atoms with Crippen molar-refractivity contribution in [3.05, 3.63) is 41.3 Å². The minimum Gasteiger partial charge on any atom is -0.466 e. The molecule has 92 valence electrons. The summed E-state index contributed by atoms with van der Waals surface area (Å²) in [5, 5.41) is 12.0. The molecule has 0 bridgehead atoms. The molecule has 2 aromatic rings. The van der Waals surface area contributed by atoms with Crippen LogP contribution in [0, 0.1) is 0 Å². The van der Waals surface area contributed by atoms with Gasteiger partial charge in [0.05, 0.1) is 13.3 Å². The van der Waals surface area contributed by atoms with Crippen molar-refractivity contribution in [3.8, 4) is 5.82 Å². The van der Waals surface area contributed by atoms with Crippen molar-refractivity contribution in [3.63, 3.8) is 0 Å². The van der Waals surface area contributed by atoms with Crippen LogP contribution >= 0.6 is 11.6 Å². The zero-order chi connectivity index (χ0) is 13.0. The van der Waals surface area contributed by atoms with Crippen LogP contribution in [0.4, 0.5) is 0 Å². The Bertz CT molecular complexity index is 577. The van der Waals surface area contributed by atoms with E-state index >= 15 is 0 Å². The number of carbonyl (C=O) groups is 1. The summed E-state index contributed by atoms with van der Waals surface area (Å²) in [6.45, 7) is 0. The third-order valence-electron chi connectivity index (χ3n) is 2.07. The van der Waals surface area contributed by atoms with Gasteiger partial charge in [-0.1, -0.05) is 11.6 Å². The fourth-order valence-electron chi connectivity index (χ4n) is 1.21. The molecule has 0 amide bonds. The number of nitrogens with zero attached hydrogens (tertiary/aromatic N) is 4. The standard InChI is InChI=1S/C11H9ClN4O2/c1-18-11(17)5-2-8-6-13-16(7-8)10-4-3-9(12)14-15-10/h2-7H,1H3. The van der Waals surface area contributed by atoms with Crippen molar-refractivity contribution in [2.24, 2.45) is 0 Å². The van der Waals surface area contributed by atoms with E-state index in [-0.39, 0.29) is 0 Å². The van der Waals surface area contributed by atoms with Crippen LogP contribution in [0.5, 0.6) is 0 Å². The van der Waals surface area contributed by atoms with Crippen molar-refractivity contribution < 1.29 is 9.53 Å². The highest BCUT2D eigenvalue weighted by Crippen LogP contribution is 2.08. The number of hydrogen-bond acceptors (Lipinski definition) is 5. The molecule has 2 aromatic heterocycles. The fourth-order valence-corrected chi connectivity index (χ4v) is 1.31. The Balaban J connectivity index is 2.18. The largest absolute Gasteiger partial charge is 0.466 e. The molecule has 18 heavy (non-hydrogen) atoms. The molecule has 7 heteroatoms. The zero-order valence-electron chi connectivity index (χ0n) is 9.45. The van der Waals surface area contributed by atoms with E-state index < -0.39 is 5.97 Å². The van der Waals surface area contributed by atoms with E-state index in [0.717, 1.165) is 5.56 Å². The van der Waals surface area contributed by atoms with Crippen LogP contribution in [0.3, 0.4) is 0 Å².